The number of carbonyl (C=O) groups excluding carboxylic acids is 2. The molecule has 4 saturated heterocycles. The lowest BCUT2D eigenvalue weighted by molar-refractivity contribution is -0.0957. The van der Waals surface area contributed by atoms with Gasteiger partial charge in [0, 0.05) is 6.54 Å². The lowest BCUT2D eigenvalue weighted by atomic mass is 10.1. The Labute approximate surface area is 460 Å². The number of imide groups is 1. The van der Waals surface area contributed by atoms with E-state index in [1.54, 1.807) is 24.3 Å². The molecular weight excluding hydrogens is 1250 g/mol. The predicted octanol–water partition coefficient (Wildman–Crippen LogP) is 7.23. The van der Waals surface area contributed by atoms with Crippen molar-refractivity contribution in [2.75, 3.05) is 6.54 Å². The van der Waals surface area contributed by atoms with Gasteiger partial charge >= 0.3 is 83.3 Å². The SMILES string of the molecule is C[Si](C)(C)O[Si]O[Si]1(O[Si](C)(C)C)O[Si]2(O[Si](C)(C)C)O[Si]3(O[Si](C)(C)C)O[Si]O[Si]4(O[Si](C)(C)C)O[Si](O[Si](C)(C)C)(O3)O[Si](O[Si](C)(C)C)(O2)O[Si](O[Si](C)(C)CCCN2C(=O)c3ccccc3C2=O)(O1)O4. The molecule has 1 aromatic rings. The zero-order valence-corrected chi connectivity index (χ0v) is 64.4. The second-order valence-corrected chi connectivity index (χ2v) is 82.9. The van der Waals surface area contributed by atoms with Crippen LogP contribution in [-0.2, 0) is 82.3 Å². The minimum atomic E-state index is -5.36. The Bertz CT molecular complexity index is 2190. The Morgan fingerprint density at radius 2 is 0.770 bits per heavy atom. The van der Waals surface area contributed by atoms with Crippen molar-refractivity contribution in [2.24, 2.45) is 0 Å². The van der Waals surface area contributed by atoms with E-state index in [4.69, 9.17) is 82.3 Å². The Hall–Kier alpha value is 1.25. The second-order valence-electron chi connectivity index (χ2n) is 25.7. The van der Waals surface area contributed by atoms with E-state index in [0.717, 1.165) is 0 Å². The third-order valence-corrected chi connectivity index (χ3v) is 59.4. The fraction of sp³-hybridized carbons (Fsp3) is 0.765. The molecule has 2 amide bonds. The van der Waals surface area contributed by atoms with Gasteiger partial charge in [-0.25, -0.2) is 0 Å². The van der Waals surface area contributed by atoms with Crippen molar-refractivity contribution in [3.63, 3.8) is 0 Å². The smallest absolute Gasteiger partial charge is 0.435 e. The molecule has 0 saturated carbocycles. The van der Waals surface area contributed by atoms with E-state index >= 15 is 0 Å². The molecule has 7 unspecified atom stereocenters. The minimum absolute atomic E-state index is 0.0952. The maximum absolute atomic E-state index is 13.6. The first kappa shape index (κ1) is 64.4. The van der Waals surface area contributed by atoms with Gasteiger partial charge in [-0.1, -0.05) is 12.1 Å². The zero-order chi connectivity index (χ0) is 55.9. The van der Waals surface area contributed by atoms with Gasteiger partial charge in [-0.2, -0.15) is 0 Å². The summed E-state index contributed by atoms with van der Waals surface area (Å²) in [4.78, 5) is 28.4. The van der Waals surface area contributed by atoms with Gasteiger partial charge in [0.1, 0.15) is 0 Å². The number of hydrogen-bond donors (Lipinski definition) is 0. The highest BCUT2D eigenvalue weighted by molar-refractivity contribution is 7.01. The van der Waals surface area contributed by atoms with Gasteiger partial charge < -0.3 is 82.3 Å². The van der Waals surface area contributed by atoms with Gasteiger partial charge in [-0.05, 0) is 175 Å². The molecule has 5 heterocycles. The van der Waals surface area contributed by atoms with Crippen LogP contribution in [-0.4, -0.2) is 173 Å². The van der Waals surface area contributed by atoms with Crippen LogP contribution in [0.15, 0.2) is 24.3 Å². The lowest BCUT2D eigenvalue weighted by Crippen LogP contribution is -2.88. The summed E-state index contributed by atoms with van der Waals surface area (Å²) in [6.07, 6.45) is 0.324. The lowest BCUT2D eigenvalue weighted by Gasteiger charge is -2.57. The van der Waals surface area contributed by atoms with Crippen LogP contribution in [0.25, 0.3) is 0 Å². The number of hydrogen-bond acceptors (Lipinski definition) is 22. The van der Waals surface area contributed by atoms with Gasteiger partial charge in [0.25, 0.3) is 11.8 Å². The van der Waals surface area contributed by atoms with E-state index in [1.807, 2.05) is 151 Å². The van der Waals surface area contributed by atoms with Crippen molar-refractivity contribution < 1.29 is 91.9 Å². The van der Waals surface area contributed by atoms with Crippen LogP contribution in [0.3, 0.4) is 0 Å². The molecular formula is C34H79NO22Si17. The standard InChI is InChI=1S/C34H79NO22Si17/c1-60(2,3)38-58-39-68(42-61(4,5)6)49-71(45-64(13,14)15)50-69(43-62(7,8)9)40-59-41-70(44-63(10,11)12)52-72(51-69,46-65(16,17)18)56-73(55-71,47-66(19,20)21)57-74(53-68,54-70)48-67(22,23)30-26-29-35-33(36)31-27-24-25-28-32(31)34(35)37/h24-25,27-28H,26,29-30H2,1-23H3. The van der Waals surface area contributed by atoms with Crippen molar-refractivity contribution in [1.82, 2.24) is 4.90 Å². The molecule has 1 aromatic carbocycles. The molecule has 5 aliphatic rings. The first-order valence-electron chi connectivity index (χ1n) is 24.5. The number of benzene rings is 1. The Balaban J connectivity index is 1.69. The summed E-state index contributed by atoms with van der Waals surface area (Å²) in [5, 5.41) is 0. The summed E-state index contributed by atoms with van der Waals surface area (Å²) in [6.45, 7) is 44.8. The Morgan fingerprint density at radius 3 is 1.12 bits per heavy atom. The summed E-state index contributed by atoms with van der Waals surface area (Å²) in [5.74, 6) is -0.740. The highest BCUT2D eigenvalue weighted by Gasteiger charge is 2.87. The van der Waals surface area contributed by atoms with Crippen LogP contribution in [0, 0.1) is 0 Å². The van der Waals surface area contributed by atoms with Crippen molar-refractivity contribution in [3.8, 4) is 0 Å². The third kappa shape index (κ3) is 17.6. The van der Waals surface area contributed by atoms with Crippen molar-refractivity contribution >= 4 is 162 Å². The molecule has 7 atom stereocenters. The molecule has 0 aliphatic carbocycles. The van der Waals surface area contributed by atoms with E-state index < -0.39 is 150 Å². The van der Waals surface area contributed by atoms with Gasteiger partial charge in [0.15, 0.2) is 66.5 Å². The molecule has 0 aromatic heterocycles. The molecule has 420 valence electrons. The molecule has 4 radical (unpaired) electrons. The monoisotopic (exact) mass is 1330 g/mol. The fourth-order valence-electron chi connectivity index (χ4n) is 7.32. The maximum atomic E-state index is 13.6. The number of amides is 2. The molecule has 74 heavy (non-hydrogen) atoms. The van der Waals surface area contributed by atoms with Crippen molar-refractivity contribution in [2.45, 2.75) is 163 Å². The van der Waals surface area contributed by atoms with E-state index in [9.17, 15) is 9.59 Å². The minimum Gasteiger partial charge on any atom is -0.435 e. The highest BCUT2D eigenvalue weighted by atomic mass is 28.7. The topological polar surface area (TPSA) is 222 Å². The molecule has 5 aliphatic heterocycles. The molecule has 40 heteroatoms. The number of nitrogens with zero attached hydrogens (tertiary/aromatic N) is 1. The second kappa shape index (κ2) is 21.8. The highest BCUT2D eigenvalue weighted by Crippen LogP contribution is 2.49. The number of fused-ring (bicyclic) bond motifs is 5. The summed E-state index contributed by atoms with van der Waals surface area (Å²) < 4.78 is 145. The fourth-order valence-corrected chi connectivity index (χ4v) is 66.5. The normalized spacial score (nSPS) is 32.7. The van der Waals surface area contributed by atoms with E-state index in [2.05, 4.69) is 0 Å². The van der Waals surface area contributed by atoms with Gasteiger partial charge in [-0.3, -0.25) is 14.5 Å². The average molecular weight is 1330 g/mol. The first-order valence-corrected chi connectivity index (χ1v) is 64.6. The number of rotatable bonds is 22. The van der Waals surface area contributed by atoms with Crippen LogP contribution < -0.4 is 0 Å². The third-order valence-electron chi connectivity index (χ3n) is 9.13. The zero-order valence-electron chi connectivity index (χ0n) is 47.4. The largest absolute Gasteiger partial charge is 0.651 e. The van der Waals surface area contributed by atoms with E-state index in [-0.39, 0.29) is 18.4 Å². The molecule has 0 N–H and O–H groups in total. The van der Waals surface area contributed by atoms with Crippen LogP contribution >= 0.6 is 0 Å². The van der Waals surface area contributed by atoms with E-state index in [1.165, 1.54) is 4.90 Å². The maximum Gasteiger partial charge on any atom is 0.651 e. The van der Waals surface area contributed by atoms with Gasteiger partial charge in [-0.15, -0.1) is 0 Å². The Morgan fingerprint density at radius 1 is 0.446 bits per heavy atom. The molecule has 6 bridgehead atoms. The molecule has 4 fully saturated rings. The Kier molecular flexibility index (Phi) is 19.0. The van der Waals surface area contributed by atoms with Crippen LogP contribution in [0.1, 0.15) is 27.1 Å². The quantitative estimate of drug-likeness (QED) is 0.0825. The van der Waals surface area contributed by atoms with Crippen LogP contribution in [0.2, 0.25) is 157 Å². The van der Waals surface area contributed by atoms with Crippen LogP contribution in [0.4, 0.5) is 0 Å². The van der Waals surface area contributed by atoms with Crippen molar-refractivity contribution in [1.29, 1.82) is 0 Å². The van der Waals surface area contributed by atoms with Crippen molar-refractivity contribution in [3.05, 3.63) is 35.4 Å². The summed E-state index contributed by atoms with van der Waals surface area (Å²) in [5.41, 5.74) is 0.708. The average Bonchev–Trinajstić information content (AvgIpc) is 3.31. The van der Waals surface area contributed by atoms with E-state index in [0.29, 0.717) is 23.6 Å². The summed E-state index contributed by atoms with van der Waals surface area (Å²) in [6, 6.07) is 7.10. The first-order chi connectivity index (χ1) is 33.1. The predicted molar refractivity (Wildman–Crippen MR) is 306 cm³/mol. The van der Waals surface area contributed by atoms with Crippen LogP contribution in [0.5, 0.6) is 0 Å². The number of carbonyl (C=O) groups is 2. The molecule has 0 spiro atoms. The molecule has 23 nitrogen and oxygen atoms in total. The summed E-state index contributed by atoms with van der Waals surface area (Å²) >= 11 is 0. The van der Waals surface area contributed by atoms with Gasteiger partial charge in [0.2, 0.25) is 0 Å². The van der Waals surface area contributed by atoms with Gasteiger partial charge in [0.05, 0.1) is 11.1 Å². The summed E-state index contributed by atoms with van der Waals surface area (Å²) in [7, 11) is -60.8. The molecule has 6 rings (SSSR count).